The summed E-state index contributed by atoms with van der Waals surface area (Å²) in [6.07, 6.45) is 11.1. The van der Waals surface area contributed by atoms with Crippen molar-refractivity contribution in [1.82, 2.24) is 15.3 Å². The topological polar surface area (TPSA) is 67.4 Å². The van der Waals surface area contributed by atoms with Crippen LogP contribution < -0.4 is 10.2 Å². The molecule has 6 nitrogen and oxygen atoms in total. The summed E-state index contributed by atoms with van der Waals surface area (Å²) in [5.74, 6) is 1.07. The van der Waals surface area contributed by atoms with Crippen LogP contribution in [-0.4, -0.2) is 47.2 Å². The number of ether oxygens (including phenoxy) is 1. The molecule has 0 aromatic carbocycles. The number of hydrogen-bond donors (Lipinski definition) is 1. The van der Waals surface area contributed by atoms with Crippen LogP contribution in [0.5, 0.6) is 0 Å². The number of amides is 1. The molecule has 1 spiro atoms. The van der Waals surface area contributed by atoms with Crippen molar-refractivity contribution in [2.45, 2.75) is 63.5 Å². The summed E-state index contributed by atoms with van der Waals surface area (Å²) in [6, 6.07) is 2.18. The predicted octanol–water partition coefficient (Wildman–Crippen LogP) is 2.30. The van der Waals surface area contributed by atoms with Crippen LogP contribution in [0.2, 0.25) is 0 Å². The van der Waals surface area contributed by atoms with E-state index in [4.69, 9.17) is 4.74 Å². The van der Waals surface area contributed by atoms with Gasteiger partial charge in [0.1, 0.15) is 0 Å². The first kappa shape index (κ1) is 16.5. The Morgan fingerprint density at radius 1 is 1.27 bits per heavy atom. The Morgan fingerprint density at radius 2 is 2.08 bits per heavy atom. The maximum Gasteiger partial charge on any atom is 0.228 e. The Balaban J connectivity index is 1.19. The number of hydrogen-bond acceptors (Lipinski definition) is 5. The van der Waals surface area contributed by atoms with Crippen LogP contribution >= 0.6 is 0 Å². The van der Waals surface area contributed by atoms with E-state index in [0.29, 0.717) is 18.1 Å². The lowest BCUT2D eigenvalue weighted by molar-refractivity contribution is -0.135. The van der Waals surface area contributed by atoms with E-state index < -0.39 is 0 Å². The van der Waals surface area contributed by atoms with Crippen LogP contribution in [0, 0.1) is 10.8 Å². The third kappa shape index (κ3) is 2.61. The molecule has 4 aliphatic rings. The molecule has 6 heteroatoms. The van der Waals surface area contributed by atoms with E-state index in [9.17, 15) is 4.79 Å². The molecule has 140 valence electrons. The minimum Gasteiger partial charge on any atom is -0.374 e. The minimum absolute atomic E-state index is 0.0578. The lowest BCUT2D eigenvalue weighted by atomic mass is 9.61. The summed E-state index contributed by atoms with van der Waals surface area (Å²) >= 11 is 0. The van der Waals surface area contributed by atoms with Gasteiger partial charge in [0.05, 0.1) is 17.6 Å². The van der Waals surface area contributed by atoms with Crippen molar-refractivity contribution in [3.05, 3.63) is 18.5 Å². The summed E-state index contributed by atoms with van der Waals surface area (Å²) < 4.78 is 5.89. The van der Waals surface area contributed by atoms with Crippen molar-refractivity contribution in [3.63, 3.8) is 0 Å². The normalized spacial score (nSPS) is 41.3. The Morgan fingerprint density at radius 3 is 2.73 bits per heavy atom. The van der Waals surface area contributed by atoms with Crippen LogP contribution in [-0.2, 0) is 9.53 Å². The molecule has 1 amide bonds. The summed E-state index contributed by atoms with van der Waals surface area (Å²) in [7, 11) is 0. The highest BCUT2D eigenvalue weighted by atomic mass is 16.5. The second-order valence-corrected chi connectivity index (χ2v) is 9.35. The standard InChI is InChI=1S/C20H28N4O2/c1-18-5-6-20(12-18,14-26-18)16(25)23-15-10-19(11-15)4-2-9-24(13-19)17-21-7-3-8-22-17/h3,7-8,15H,2,4-6,9-14H2,1H3,(H,23,25). The monoisotopic (exact) mass is 356 g/mol. The van der Waals surface area contributed by atoms with E-state index in [1.807, 2.05) is 18.5 Å². The Kier molecular flexibility index (Phi) is 3.58. The molecule has 1 aromatic heterocycles. The van der Waals surface area contributed by atoms with E-state index >= 15 is 0 Å². The zero-order valence-corrected chi connectivity index (χ0v) is 15.5. The summed E-state index contributed by atoms with van der Waals surface area (Å²) in [6.45, 7) is 4.79. The van der Waals surface area contributed by atoms with Gasteiger partial charge in [-0.3, -0.25) is 4.79 Å². The van der Waals surface area contributed by atoms with E-state index in [1.165, 1.54) is 12.8 Å². The van der Waals surface area contributed by atoms with Gasteiger partial charge in [-0.1, -0.05) is 0 Å². The van der Waals surface area contributed by atoms with Crippen molar-refractivity contribution in [2.24, 2.45) is 10.8 Å². The highest BCUT2D eigenvalue weighted by molar-refractivity contribution is 5.84. The molecule has 1 aromatic rings. The predicted molar refractivity (Wildman–Crippen MR) is 97.7 cm³/mol. The highest BCUT2D eigenvalue weighted by Crippen LogP contribution is 2.54. The minimum atomic E-state index is -0.256. The van der Waals surface area contributed by atoms with Gasteiger partial charge in [0.25, 0.3) is 0 Å². The first-order valence-corrected chi connectivity index (χ1v) is 9.97. The Bertz CT molecular complexity index is 693. The molecule has 2 aliphatic carbocycles. The molecule has 5 rings (SSSR count). The van der Waals surface area contributed by atoms with Crippen LogP contribution in [0.15, 0.2) is 18.5 Å². The number of anilines is 1. The lowest BCUT2D eigenvalue weighted by Crippen LogP contribution is -2.59. The van der Waals surface area contributed by atoms with Crippen molar-refractivity contribution < 1.29 is 9.53 Å². The van der Waals surface area contributed by atoms with Crippen molar-refractivity contribution in [2.75, 3.05) is 24.6 Å². The summed E-state index contributed by atoms with van der Waals surface area (Å²) in [4.78, 5) is 24.0. The zero-order valence-electron chi connectivity index (χ0n) is 15.5. The van der Waals surface area contributed by atoms with Crippen molar-refractivity contribution >= 4 is 11.9 Å². The van der Waals surface area contributed by atoms with Gasteiger partial charge < -0.3 is 15.0 Å². The maximum absolute atomic E-state index is 12.9. The highest BCUT2D eigenvalue weighted by Gasteiger charge is 2.58. The average molecular weight is 356 g/mol. The van der Waals surface area contributed by atoms with Gasteiger partial charge in [0.2, 0.25) is 11.9 Å². The van der Waals surface area contributed by atoms with Gasteiger partial charge in [-0.15, -0.1) is 0 Å². The van der Waals surface area contributed by atoms with Gasteiger partial charge in [-0.05, 0) is 63.4 Å². The van der Waals surface area contributed by atoms with Crippen molar-refractivity contribution in [3.8, 4) is 0 Å². The molecule has 2 unspecified atom stereocenters. The molecular weight excluding hydrogens is 328 g/mol. The smallest absolute Gasteiger partial charge is 0.228 e. The maximum atomic E-state index is 12.9. The number of carbonyl (C=O) groups is 1. The average Bonchev–Trinajstić information content (AvgIpc) is 3.16. The second-order valence-electron chi connectivity index (χ2n) is 9.35. The summed E-state index contributed by atoms with van der Waals surface area (Å²) in [5, 5.41) is 3.35. The molecule has 1 N–H and O–H groups in total. The number of nitrogens with one attached hydrogen (secondary N) is 1. The van der Waals surface area contributed by atoms with Gasteiger partial charge >= 0.3 is 0 Å². The third-order valence-electron chi connectivity index (χ3n) is 7.21. The van der Waals surface area contributed by atoms with Gasteiger partial charge in [-0.25, -0.2) is 9.97 Å². The molecule has 2 bridgehead atoms. The lowest BCUT2D eigenvalue weighted by Gasteiger charge is -2.53. The Hall–Kier alpha value is -1.69. The van der Waals surface area contributed by atoms with Gasteiger partial charge in [0.15, 0.2) is 0 Å². The van der Waals surface area contributed by atoms with Gasteiger partial charge in [-0.2, -0.15) is 0 Å². The van der Waals surface area contributed by atoms with Crippen molar-refractivity contribution in [1.29, 1.82) is 0 Å². The molecule has 2 atom stereocenters. The number of piperidine rings is 1. The van der Waals surface area contributed by atoms with E-state index in [-0.39, 0.29) is 16.9 Å². The van der Waals surface area contributed by atoms with Crippen LogP contribution in [0.1, 0.15) is 51.9 Å². The first-order chi connectivity index (χ1) is 12.5. The Labute approximate surface area is 154 Å². The summed E-state index contributed by atoms with van der Waals surface area (Å²) in [5.41, 5.74) is 0.00907. The fraction of sp³-hybridized carbons (Fsp3) is 0.750. The quantitative estimate of drug-likeness (QED) is 0.900. The number of rotatable bonds is 3. The molecule has 0 radical (unpaired) electrons. The molecule has 2 aliphatic heterocycles. The first-order valence-electron chi connectivity index (χ1n) is 9.97. The second kappa shape index (κ2) is 5.65. The van der Waals surface area contributed by atoms with E-state index in [1.54, 1.807) is 0 Å². The zero-order chi connectivity index (χ0) is 17.8. The molecular formula is C20H28N4O2. The van der Waals surface area contributed by atoms with E-state index in [0.717, 1.165) is 51.1 Å². The fourth-order valence-corrected chi connectivity index (χ4v) is 5.81. The number of aromatic nitrogens is 2. The SMILES string of the molecule is CC12CCC(C(=O)NC3CC4(CCCN(c5ncccn5)C4)C3)(CO1)C2. The largest absolute Gasteiger partial charge is 0.374 e. The van der Waals surface area contributed by atoms with Gasteiger partial charge in [0, 0.05) is 31.5 Å². The fourth-order valence-electron chi connectivity index (χ4n) is 5.81. The van der Waals surface area contributed by atoms with Crippen LogP contribution in [0.3, 0.4) is 0 Å². The molecule has 2 saturated carbocycles. The van der Waals surface area contributed by atoms with Crippen LogP contribution in [0.25, 0.3) is 0 Å². The third-order valence-corrected chi connectivity index (χ3v) is 7.21. The van der Waals surface area contributed by atoms with Crippen LogP contribution in [0.4, 0.5) is 5.95 Å². The van der Waals surface area contributed by atoms with E-state index in [2.05, 4.69) is 27.1 Å². The molecule has 26 heavy (non-hydrogen) atoms. The number of nitrogens with zero attached hydrogens (tertiary/aromatic N) is 3. The number of carbonyl (C=O) groups excluding carboxylic acids is 1. The molecule has 2 saturated heterocycles. The molecule has 4 fully saturated rings. The molecule has 3 heterocycles. The number of fused-ring (bicyclic) bond motifs is 2.